The fraction of sp³-hybridized carbons (Fsp3) is 0.250. The number of rotatable bonds is 3. The first kappa shape index (κ1) is 18.6. The van der Waals surface area contributed by atoms with Gasteiger partial charge >= 0.3 is 0 Å². The monoisotopic (exact) mass is 334 g/mol. The molecule has 0 bridgehead atoms. The van der Waals surface area contributed by atoms with E-state index in [1.807, 2.05) is 13.8 Å². The van der Waals surface area contributed by atoms with E-state index in [0.29, 0.717) is 11.4 Å². The van der Waals surface area contributed by atoms with Crippen molar-refractivity contribution in [1.82, 2.24) is 15.3 Å². The first-order chi connectivity index (χ1) is 8.56. The standard InChI is InChI=1S/C12H14N4OS.2ClH/c1-7-5-15-12(18-7)8(2)16-11(17)10-4-3-9(13)6-14-10;;/h3-6,8H,13H2,1-2H3,(H,16,17);2*1H. The minimum Gasteiger partial charge on any atom is -0.397 e. The fourth-order valence-corrected chi connectivity index (χ4v) is 2.22. The molecule has 2 aromatic rings. The van der Waals surface area contributed by atoms with E-state index in [1.165, 1.54) is 6.20 Å². The molecule has 1 unspecified atom stereocenters. The molecule has 0 fully saturated rings. The van der Waals surface area contributed by atoms with E-state index in [2.05, 4.69) is 15.3 Å². The highest BCUT2D eigenvalue weighted by Gasteiger charge is 2.14. The Morgan fingerprint density at radius 3 is 2.50 bits per heavy atom. The lowest BCUT2D eigenvalue weighted by Gasteiger charge is -2.10. The molecule has 2 aromatic heterocycles. The third kappa shape index (κ3) is 4.63. The van der Waals surface area contributed by atoms with Crippen LogP contribution >= 0.6 is 36.2 Å². The first-order valence-corrected chi connectivity index (χ1v) is 6.32. The van der Waals surface area contributed by atoms with Gasteiger partial charge in [0.2, 0.25) is 0 Å². The van der Waals surface area contributed by atoms with Crippen LogP contribution in [0, 0.1) is 6.92 Å². The highest BCUT2D eigenvalue weighted by atomic mass is 35.5. The van der Waals surface area contributed by atoms with Gasteiger partial charge in [-0.1, -0.05) is 0 Å². The number of aryl methyl sites for hydroxylation is 1. The van der Waals surface area contributed by atoms with E-state index in [9.17, 15) is 4.79 Å². The van der Waals surface area contributed by atoms with Gasteiger partial charge in [-0.3, -0.25) is 4.79 Å². The number of carbonyl (C=O) groups is 1. The number of anilines is 1. The van der Waals surface area contributed by atoms with Gasteiger partial charge < -0.3 is 11.1 Å². The molecule has 20 heavy (non-hydrogen) atoms. The molecule has 0 saturated heterocycles. The summed E-state index contributed by atoms with van der Waals surface area (Å²) in [6.45, 7) is 3.88. The lowest BCUT2D eigenvalue weighted by atomic mass is 10.3. The molecule has 0 saturated carbocycles. The largest absolute Gasteiger partial charge is 0.397 e. The van der Waals surface area contributed by atoms with Crippen LogP contribution in [0.15, 0.2) is 24.5 Å². The molecule has 8 heteroatoms. The van der Waals surface area contributed by atoms with Crippen LogP contribution in [0.25, 0.3) is 0 Å². The van der Waals surface area contributed by atoms with Crippen molar-refractivity contribution in [2.24, 2.45) is 0 Å². The minimum absolute atomic E-state index is 0. The number of halogens is 2. The van der Waals surface area contributed by atoms with E-state index in [4.69, 9.17) is 5.73 Å². The van der Waals surface area contributed by atoms with Gasteiger partial charge in [-0.15, -0.1) is 36.2 Å². The lowest BCUT2D eigenvalue weighted by molar-refractivity contribution is 0.0935. The van der Waals surface area contributed by atoms with Crippen LogP contribution in [-0.2, 0) is 0 Å². The summed E-state index contributed by atoms with van der Waals surface area (Å²) >= 11 is 1.57. The van der Waals surface area contributed by atoms with Crippen LogP contribution in [0.1, 0.15) is 33.3 Å². The number of thiazole rings is 1. The van der Waals surface area contributed by atoms with Gasteiger partial charge in [-0.25, -0.2) is 9.97 Å². The molecule has 110 valence electrons. The zero-order valence-electron chi connectivity index (χ0n) is 11.0. The molecule has 3 N–H and O–H groups in total. The summed E-state index contributed by atoms with van der Waals surface area (Å²) in [5.41, 5.74) is 6.41. The van der Waals surface area contributed by atoms with Crippen molar-refractivity contribution in [1.29, 1.82) is 0 Å². The maximum absolute atomic E-state index is 11.9. The Balaban J connectivity index is 0.00000180. The lowest BCUT2D eigenvalue weighted by Crippen LogP contribution is -2.27. The van der Waals surface area contributed by atoms with Crippen molar-refractivity contribution in [3.8, 4) is 0 Å². The van der Waals surface area contributed by atoms with Crippen LogP contribution in [0.4, 0.5) is 5.69 Å². The Labute approximate surface area is 133 Å². The predicted octanol–water partition coefficient (Wildman–Crippen LogP) is 2.76. The second-order valence-electron chi connectivity index (χ2n) is 3.98. The Kier molecular flexibility index (Phi) is 7.49. The molecule has 0 radical (unpaired) electrons. The molecule has 1 atom stereocenters. The summed E-state index contributed by atoms with van der Waals surface area (Å²) in [5.74, 6) is -0.227. The minimum atomic E-state index is -0.227. The van der Waals surface area contributed by atoms with Crippen LogP contribution in [0.3, 0.4) is 0 Å². The molecule has 5 nitrogen and oxygen atoms in total. The maximum atomic E-state index is 11.9. The van der Waals surface area contributed by atoms with Gasteiger partial charge in [0.15, 0.2) is 0 Å². The van der Waals surface area contributed by atoms with Crippen LogP contribution < -0.4 is 11.1 Å². The highest BCUT2D eigenvalue weighted by Crippen LogP contribution is 2.19. The van der Waals surface area contributed by atoms with E-state index in [-0.39, 0.29) is 36.8 Å². The van der Waals surface area contributed by atoms with Gasteiger partial charge in [0, 0.05) is 11.1 Å². The zero-order valence-corrected chi connectivity index (χ0v) is 13.4. The highest BCUT2D eigenvalue weighted by molar-refractivity contribution is 7.11. The second kappa shape index (κ2) is 8.04. The second-order valence-corrected chi connectivity index (χ2v) is 5.25. The van der Waals surface area contributed by atoms with E-state index in [0.717, 1.165) is 9.88 Å². The fourth-order valence-electron chi connectivity index (χ4n) is 1.44. The normalized spacial score (nSPS) is 10.9. The van der Waals surface area contributed by atoms with Gasteiger partial charge in [0.25, 0.3) is 5.91 Å². The number of amides is 1. The van der Waals surface area contributed by atoms with Crippen molar-refractivity contribution < 1.29 is 4.79 Å². The number of hydrogen-bond donors (Lipinski definition) is 2. The van der Waals surface area contributed by atoms with Gasteiger partial charge in [0.05, 0.1) is 17.9 Å². The SMILES string of the molecule is Cc1cnc(C(C)NC(=O)c2ccc(N)cn2)s1.Cl.Cl. The molecule has 0 aliphatic carbocycles. The summed E-state index contributed by atoms with van der Waals surface area (Å²) in [6, 6.07) is 3.13. The molecule has 2 rings (SSSR count). The van der Waals surface area contributed by atoms with Crippen LogP contribution in [-0.4, -0.2) is 15.9 Å². The molecule has 0 spiro atoms. The number of nitrogens with zero attached hydrogens (tertiary/aromatic N) is 2. The molecule has 0 aliphatic heterocycles. The third-order valence-corrected chi connectivity index (χ3v) is 3.47. The van der Waals surface area contributed by atoms with Crippen LogP contribution in [0.5, 0.6) is 0 Å². The number of aromatic nitrogens is 2. The summed E-state index contributed by atoms with van der Waals surface area (Å²) in [7, 11) is 0. The van der Waals surface area contributed by atoms with E-state index in [1.54, 1.807) is 29.7 Å². The third-order valence-electron chi connectivity index (χ3n) is 2.38. The van der Waals surface area contributed by atoms with E-state index < -0.39 is 0 Å². The Morgan fingerprint density at radius 2 is 2.00 bits per heavy atom. The topological polar surface area (TPSA) is 80.9 Å². The Morgan fingerprint density at radius 1 is 1.30 bits per heavy atom. The summed E-state index contributed by atoms with van der Waals surface area (Å²) in [5, 5.41) is 3.74. The number of nitrogens with one attached hydrogen (secondary N) is 1. The molecule has 2 heterocycles. The van der Waals surface area contributed by atoms with Crippen molar-refractivity contribution in [2.75, 3.05) is 5.73 Å². The van der Waals surface area contributed by atoms with Crippen molar-refractivity contribution in [2.45, 2.75) is 19.9 Å². The smallest absolute Gasteiger partial charge is 0.270 e. The summed E-state index contributed by atoms with van der Waals surface area (Å²) < 4.78 is 0. The van der Waals surface area contributed by atoms with Crippen molar-refractivity contribution in [3.05, 3.63) is 40.1 Å². The summed E-state index contributed by atoms with van der Waals surface area (Å²) in [6.07, 6.45) is 3.26. The number of carbonyl (C=O) groups excluding carboxylic acids is 1. The van der Waals surface area contributed by atoms with Gasteiger partial charge in [-0.05, 0) is 26.0 Å². The summed E-state index contributed by atoms with van der Waals surface area (Å²) in [4.78, 5) is 21.2. The number of hydrogen-bond acceptors (Lipinski definition) is 5. The van der Waals surface area contributed by atoms with Crippen LogP contribution in [0.2, 0.25) is 0 Å². The quantitative estimate of drug-likeness (QED) is 0.904. The van der Waals surface area contributed by atoms with Gasteiger partial charge in [0.1, 0.15) is 10.7 Å². The molecular formula is C12H16Cl2N4OS. The molecular weight excluding hydrogens is 319 g/mol. The Bertz CT molecular complexity index is 559. The number of pyridine rings is 1. The average molecular weight is 335 g/mol. The molecule has 0 aliphatic rings. The Hall–Kier alpha value is -1.37. The zero-order chi connectivity index (χ0) is 13.1. The first-order valence-electron chi connectivity index (χ1n) is 5.51. The molecule has 1 amide bonds. The van der Waals surface area contributed by atoms with Gasteiger partial charge in [-0.2, -0.15) is 0 Å². The number of nitrogen functional groups attached to an aromatic ring is 1. The predicted molar refractivity (Wildman–Crippen MR) is 85.9 cm³/mol. The van der Waals surface area contributed by atoms with E-state index >= 15 is 0 Å². The molecule has 0 aromatic carbocycles. The number of nitrogens with two attached hydrogens (primary N) is 1. The van der Waals surface area contributed by atoms with Crippen molar-refractivity contribution >= 4 is 47.7 Å². The van der Waals surface area contributed by atoms with Crippen molar-refractivity contribution in [3.63, 3.8) is 0 Å². The maximum Gasteiger partial charge on any atom is 0.270 e. The average Bonchev–Trinajstić information content (AvgIpc) is 2.76.